The van der Waals surface area contributed by atoms with Crippen molar-refractivity contribution in [3.05, 3.63) is 72.1 Å². The molecule has 126 valence electrons. The predicted octanol–water partition coefficient (Wildman–Crippen LogP) is 3.56. The third-order valence-electron chi connectivity index (χ3n) is 3.57. The Morgan fingerprint density at radius 3 is 2.58 bits per heavy atom. The standard InChI is InChI=1S/C19H20FNO3/c1-4-18(22)21(2)12-14-9-7-11-17(23-3)19(14)24-13-15-8-5-6-10-16(15)20/h4-11H,1,12-13H2,2-3H3. The fourth-order valence-corrected chi connectivity index (χ4v) is 2.26. The van der Waals surface area contributed by atoms with Crippen LogP contribution in [0.15, 0.2) is 55.1 Å². The Kier molecular flexibility index (Phi) is 5.95. The second-order valence-corrected chi connectivity index (χ2v) is 5.23. The lowest BCUT2D eigenvalue weighted by Crippen LogP contribution is -2.24. The van der Waals surface area contributed by atoms with Gasteiger partial charge in [0.1, 0.15) is 12.4 Å². The average molecular weight is 329 g/mol. The Hall–Kier alpha value is -2.82. The second kappa shape index (κ2) is 8.15. The summed E-state index contributed by atoms with van der Waals surface area (Å²) in [6.45, 7) is 3.87. The maximum absolute atomic E-state index is 13.8. The Morgan fingerprint density at radius 1 is 1.21 bits per heavy atom. The lowest BCUT2D eigenvalue weighted by Gasteiger charge is -2.20. The minimum absolute atomic E-state index is 0.0686. The van der Waals surface area contributed by atoms with Gasteiger partial charge in [-0.1, -0.05) is 36.9 Å². The molecule has 2 rings (SSSR count). The highest BCUT2D eigenvalue weighted by Crippen LogP contribution is 2.32. The van der Waals surface area contributed by atoms with Crippen LogP contribution in [0.1, 0.15) is 11.1 Å². The molecule has 5 heteroatoms. The summed E-state index contributed by atoms with van der Waals surface area (Å²) in [7, 11) is 3.21. The van der Waals surface area contributed by atoms with E-state index in [2.05, 4.69) is 6.58 Å². The summed E-state index contributed by atoms with van der Waals surface area (Å²) >= 11 is 0. The molecule has 0 heterocycles. The van der Waals surface area contributed by atoms with E-state index < -0.39 is 0 Å². The van der Waals surface area contributed by atoms with E-state index in [-0.39, 0.29) is 18.3 Å². The Morgan fingerprint density at radius 2 is 1.92 bits per heavy atom. The third kappa shape index (κ3) is 4.13. The van der Waals surface area contributed by atoms with Gasteiger partial charge in [-0.2, -0.15) is 0 Å². The maximum Gasteiger partial charge on any atom is 0.245 e. The van der Waals surface area contributed by atoms with Gasteiger partial charge in [-0.05, 0) is 18.2 Å². The van der Waals surface area contributed by atoms with Gasteiger partial charge < -0.3 is 14.4 Å². The molecule has 0 bridgehead atoms. The number of methoxy groups -OCH3 is 1. The summed E-state index contributed by atoms with van der Waals surface area (Å²) in [5.74, 6) is 0.501. The summed E-state index contributed by atoms with van der Waals surface area (Å²) in [4.78, 5) is 13.2. The zero-order valence-electron chi connectivity index (χ0n) is 13.8. The lowest BCUT2D eigenvalue weighted by atomic mass is 10.1. The van der Waals surface area contributed by atoms with Crippen LogP contribution in [0.25, 0.3) is 0 Å². The Balaban J connectivity index is 2.25. The molecule has 24 heavy (non-hydrogen) atoms. The summed E-state index contributed by atoms with van der Waals surface area (Å²) in [5, 5.41) is 0. The first-order chi connectivity index (χ1) is 11.6. The van der Waals surface area contributed by atoms with Gasteiger partial charge in [-0.25, -0.2) is 4.39 Å². The third-order valence-corrected chi connectivity index (χ3v) is 3.57. The topological polar surface area (TPSA) is 38.8 Å². The number of carbonyl (C=O) groups excluding carboxylic acids is 1. The fraction of sp³-hybridized carbons (Fsp3) is 0.211. The molecule has 0 unspecified atom stereocenters. The van der Waals surface area contributed by atoms with E-state index in [4.69, 9.17) is 9.47 Å². The Labute approximate surface area is 141 Å². The molecule has 2 aromatic rings. The monoisotopic (exact) mass is 329 g/mol. The van der Waals surface area contributed by atoms with E-state index in [1.807, 2.05) is 12.1 Å². The van der Waals surface area contributed by atoms with Gasteiger partial charge in [0.2, 0.25) is 5.91 Å². The molecule has 0 aliphatic rings. The summed E-state index contributed by atoms with van der Waals surface area (Å²) < 4.78 is 24.9. The van der Waals surface area contributed by atoms with Crippen LogP contribution in [0.3, 0.4) is 0 Å². The zero-order valence-corrected chi connectivity index (χ0v) is 13.8. The molecule has 2 aromatic carbocycles. The molecule has 0 spiro atoms. The number of halogens is 1. The molecular weight excluding hydrogens is 309 g/mol. The summed E-state index contributed by atoms with van der Waals surface area (Å²) in [5.41, 5.74) is 1.22. The molecule has 0 saturated heterocycles. The molecule has 0 aliphatic heterocycles. The lowest BCUT2D eigenvalue weighted by molar-refractivity contribution is -0.125. The number of para-hydroxylation sites is 1. The number of hydrogen-bond acceptors (Lipinski definition) is 3. The SMILES string of the molecule is C=CC(=O)N(C)Cc1cccc(OC)c1OCc1ccccc1F. The van der Waals surface area contributed by atoms with Crippen molar-refractivity contribution in [3.63, 3.8) is 0 Å². The number of hydrogen-bond donors (Lipinski definition) is 0. The van der Waals surface area contributed by atoms with Crippen LogP contribution in [0.4, 0.5) is 4.39 Å². The maximum atomic E-state index is 13.8. The molecule has 0 N–H and O–H groups in total. The minimum atomic E-state index is -0.326. The number of ether oxygens (including phenoxy) is 2. The van der Waals surface area contributed by atoms with Crippen molar-refractivity contribution in [2.24, 2.45) is 0 Å². The number of nitrogens with zero attached hydrogens (tertiary/aromatic N) is 1. The molecule has 0 atom stereocenters. The van der Waals surface area contributed by atoms with Crippen molar-refractivity contribution in [3.8, 4) is 11.5 Å². The van der Waals surface area contributed by atoms with Gasteiger partial charge in [0.15, 0.2) is 11.5 Å². The van der Waals surface area contributed by atoms with Crippen LogP contribution in [0.5, 0.6) is 11.5 Å². The van der Waals surface area contributed by atoms with Gasteiger partial charge in [0.05, 0.1) is 7.11 Å². The number of amides is 1. The highest BCUT2D eigenvalue weighted by Gasteiger charge is 2.15. The average Bonchev–Trinajstić information content (AvgIpc) is 2.60. The molecule has 0 fully saturated rings. The van der Waals surface area contributed by atoms with E-state index in [1.54, 1.807) is 31.3 Å². The number of likely N-dealkylation sites (N-methyl/N-ethyl adjacent to an activating group) is 1. The van der Waals surface area contributed by atoms with Crippen LogP contribution in [0, 0.1) is 5.82 Å². The first-order valence-corrected chi connectivity index (χ1v) is 7.46. The highest BCUT2D eigenvalue weighted by molar-refractivity contribution is 5.86. The smallest absolute Gasteiger partial charge is 0.245 e. The summed E-state index contributed by atoms with van der Waals surface area (Å²) in [6, 6.07) is 11.8. The minimum Gasteiger partial charge on any atom is -0.493 e. The van der Waals surface area contributed by atoms with Gasteiger partial charge >= 0.3 is 0 Å². The zero-order chi connectivity index (χ0) is 17.5. The van der Waals surface area contributed by atoms with Crippen molar-refractivity contribution in [1.82, 2.24) is 4.90 Å². The van der Waals surface area contributed by atoms with Crippen LogP contribution in [0.2, 0.25) is 0 Å². The van der Waals surface area contributed by atoms with E-state index in [0.717, 1.165) is 5.56 Å². The highest BCUT2D eigenvalue weighted by atomic mass is 19.1. The van der Waals surface area contributed by atoms with Crippen molar-refractivity contribution in [2.45, 2.75) is 13.2 Å². The van der Waals surface area contributed by atoms with Gasteiger partial charge in [-0.3, -0.25) is 4.79 Å². The van der Waals surface area contributed by atoms with Crippen molar-refractivity contribution in [2.75, 3.05) is 14.2 Å². The van der Waals surface area contributed by atoms with Crippen LogP contribution in [-0.4, -0.2) is 25.0 Å². The van der Waals surface area contributed by atoms with E-state index in [9.17, 15) is 9.18 Å². The van der Waals surface area contributed by atoms with E-state index >= 15 is 0 Å². The molecule has 0 radical (unpaired) electrons. The number of benzene rings is 2. The second-order valence-electron chi connectivity index (χ2n) is 5.23. The molecular formula is C19H20FNO3. The van der Waals surface area contributed by atoms with Crippen molar-refractivity contribution >= 4 is 5.91 Å². The van der Waals surface area contributed by atoms with Gasteiger partial charge in [0, 0.05) is 24.7 Å². The van der Waals surface area contributed by atoms with Crippen molar-refractivity contribution in [1.29, 1.82) is 0 Å². The van der Waals surface area contributed by atoms with E-state index in [0.29, 0.717) is 23.6 Å². The fourth-order valence-electron chi connectivity index (χ4n) is 2.26. The number of rotatable bonds is 7. The van der Waals surface area contributed by atoms with Crippen LogP contribution >= 0.6 is 0 Å². The normalized spacial score (nSPS) is 10.1. The molecule has 0 aromatic heterocycles. The number of carbonyl (C=O) groups is 1. The van der Waals surface area contributed by atoms with Crippen LogP contribution in [-0.2, 0) is 17.9 Å². The van der Waals surface area contributed by atoms with E-state index in [1.165, 1.54) is 24.2 Å². The molecule has 0 aliphatic carbocycles. The Bertz CT molecular complexity index is 730. The predicted molar refractivity (Wildman–Crippen MR) is 90.4 cm³/mol. The van der Waals surface area contributed by atoms with Gasteiger partial charge in [0.25, 0.3) is 0 Å². The first kappa shape index (κ1) is 17.5. The van der Waals surface area contributed by atoms with Crippen molar-refractivity contribution < 1.29 is 18.7 Å². The largest absolute Gasteiger partial charge is 0.493 e. The van der Waals surface area contributed by atoms with Crippen LogP contribution < -0.4 is 9.47 Å². The van der Waals surface area contributed by atoms with Gasteiger partial charge in [-0.15, -0.1) is 0 Å². The summed E-state index contributed by atoms with van der Waals surface area (Å²) in [6.07, 6.45) is 1.25. The quantitative estimate of drug-likeness (QED) is 0.729. The molecule has 4 nitrogen and oxygen atoms in total. The molecule has 1 amide bonds. The first-order valence-electron chi connectivity index (χ1n) is 7.46. The molecule has 0 saturated carbocycles.